The molecule has 5 nitrogen and oxygen atoms in total. The summed E-state index contributed by atoms with van der Waals surface area (Å²) in [5.41, 5.74) is 1.51. The molecule has 0 aromatic carbocycles. The number of carbonyl (C=O) groups excluding carboxylic acids is 2. The molecule has 1 N–H and O–H groups in total. The maximum Gasteiger partial charge on any atom is 0.306 e. The van der Waals surface area contributed by atoms with Crippen LogP contribution in [0.2, 0.25) is 0 Å². The summed E-state index contributed by atoms with van der Waals surface area (Å²) < 4.78 is 6.04. The van der Waals surface area contributed by atoms with Gasteiger partial charge >= 0.3 is 5.97 Å². The van der Waals surface area contributed by atoms with Crippen molar-refractivity contribution >= 4 is 11.9 Å². The fraction of sp³-hybridized carbons (Fsp3) is 0.933. The van der Waals surface area contributed by atoms with Gasteiger partial charge in [-0.15, -0.1) is 0 Å². The molecule has 0 rings (SSSR count). The van der Waals surface area contributed by atoms with E-state index in [0.717, 1.165) is 70.4 Å². The molecule has 0 heterocycles. The fourth-order valence-electron chi connectivity index (χ4n) is 10.1. The third kappa shape index (κ3) is 42.5. The largest absolute Gasteiger partial charge is 0.462 e. The molecule has 65 heavy (non-hydrogen) atoms. The highest BCUT2D eigenvalue weighted by atomic mass is 16.5. The van der Waals surface area contributed by atoms with E-state index >= 15 is 0 Å². The van der Waals surface area contributed by atoms with Gasteiger partial charge < -0.3 is 15.0 Å². The number of carbonyl (C=O) groups is 2. The van der Waals surface area contributed by atoms with Gasteiger partial charge in [-0.3, -0.25) is 9.59 Å². The second-order valence-electron chi connectivity index (χ2n) is 20.9. The van der Waals surface area contributed by atoms with Crippen molar-refractivity contribution in [1.82, 2.24) is 10.2 Å². The van der Waals surface area contributed by atoms with Crippen molar-refractivity contribution < 1.29 is 14.3 Å². The minimum Gasteiger partial charge on any atom is -0.462 e. The summed E-state index contributed by atoms with van der Waals surface area (Å²) in [6.07, 6.45) is 55.0. The lowest BCUT2D eigenvalue weighted by Gasteiger charge is -2.33. The molecule has 5 heteroatoms. The summed E-state index contributed by atoms with van der Waals surface area (Å²) in [7, 11) is 2.03. The van der Waals surface area contributed by atoms with Crippen molar-refractivity contribution in [1.29, 1.82) is 0 Å². The van der Waals surface area contributed by atoms with Gasteiger partial charge in [-0.05, 0) is 96.6 Å². The van der Waals surface area contributed by atoms with Crippen LogP contribution in [-0.4, -0.2) is 49.1 Å². The average molecular weight is 916 g/mol. The predicted octanol–water partition coefficient (Wildman–Crippen LogP) is 19.1. The van der Waals surface area contributed by atoms with E-state index in [0.29, 0.717) is 24.8 Å². The van der Waals surface area contributed by atoms with Crippen molar-refractivity contribution in [3.8, 4) is 0 Å². The van der Waals surface area contributed by atoms with E-state index in [1.807, 2.05) is 7.05 Å². The summed E-state index contributed by atoms with van der Waals surface area (Å²) in [4.78, 5) is 29.1. The molecule has 1 amide bonds. The van der Waals surface area contributed by atoms with E-state index in [4.69, 9.17) is 4.74 Å². The Hall–Kier alpha value is -1.36. The summed E-state index contributed by atoms with van der Waals surface area (Å²) in [6.45, 7) is 17.8. The standard InChI is InChI=1S/C60H118N2O3/c1-8-13-18-23-31-40-50-59(63)62(53-42-52-61-7)57(46-36-29-25-24-28-33-43-55(6)54-56(44-34-19-14-9-2)45-35-20-15-10-3)47-37-30-26-27-32-41-51-60(64)65-58(48-38-21-16-11-4)49-39-22-17-12-5/h56-58,61H,6,8-54H2,1-5,7H3. The van der Waals surface area contributed by atoms with E-state index in [9.17, 15) is 9.59 Å². The third-order valence-corrected chi connectivity index (χ3v) is 14.4. The lowest BCUT2D eigenvalue weighted by Crippen LogP contribution is -2.41. The zero-order chi connectivity index (χ0) is 47.7. The van der Waals surface area contributed by atoms with Gasteiger partial charge in [0, 0.05) is 25.4 Å². The van der Waals surface area contributed by atoms with Crippen molar-refractivity contribution in [2.45, 2.75) is 336 Å². The SMILES string of the molecule is C=C(CCCCCCCCC(CCCCCCCCC(=O)OC(CCCCCC)CCCCCC)N(CCCNC)C(=O)CCCCCCCC)CC(CCCCCC)CCCCCC. The molecule has 386 valence electrons. The molecule has 0 aromatic heterocycles. The van der Waals surface area contributed by atoms with Crippen molar-refractivity contribution in [2.75, 3.05) is 20.1 Å². The molecule has 0 aliphatic carbocycles. The number of nitrogens with one attached hydrogen (secondary N) is 1. The zero-order valence-electron chi connectivity index (χ0n) is 45.3. The number of hydrogen-bond acceptors (Lipinski definition) is 4. The Kier molecular flexibility index (Phi) is 49.5. The van der Waals surface area contributed by atoms with E-state index in [-0.39, 0.29) is 12.1 Å². The number of ether oxygens (including phenoxy) is 1. The minimum atomic E-state index is 0.0269. The van der Waals surface area contributed by atoms with Crippen molar-refractivity contribution in [2.24, 2.45) is 5.92 Å². The minimum absolute atomic E-state index is 0.0269. The highest BCUT2D eigenvalue weighted by molar-refractivity contribution is 5.76. The van der Waals surface area contributed by atoms with Crippen LogP contribution in [0.5, 0.6) is 0 Å². The van der Waals surface area contributed by atoms with Crippen LogP contribution in [0.1, 0.15) is 324 Å². The molecule has 0 radical (unpaired) electrons. The van der Waals surface area contributed by atoms with Gasteiger partial charge in [0.25, 0.3) is 0 Å². The Morgan fingerprint density at radius 3 is 1.28 bits per heavy atom. The van der Waals surface area contributed by atoms with E-state index < -0.39 is 0 Å². The first-order valence-electron chi connectivity index (χ1n) is 29.7. The Bertz CT molecular complexity index is 932. The van der Waals surface area contributed by atoms with Crippen LogP contribution >= 0.6 is 0 Å². The van der Waals surface area contributed by atoms with Crippen LogP contribution in [0.25, 0.3) is 0 Å². The number of esters is 1. The van der Waals surface area contributed by atoms with Crippen LogP contribution in [0.3, 0.4) is 0 Å². The van der Waals surface area contributed by atoms with Gasteiger partial charge in [0.2, 0.25) is 5.91 Å². The van der Waals surface area contributed by atoms with E-state index in [2.05, 4.69) is 51.4 Å². The number of nitrogens with zero attached hydrogens (tertiary/aromatic N) is 1. The topological polar surface area (TPSA) is 58.6 Å². The van der Waals surface area contributed by atoms with E-state index in [1.54, 1.807) is 0 Å². The monoisotopic (exact) mass is 915 g/mol. The molecule has 0 bridgehead atoms. The summed E-state index contributed by atoms with van der Waals surface area (Å²) >= 11 is 0. The number of amides is 1. The lowest BCUT2D eigenvalue weighted by atomic mass is 9.87. The summed E-state index contributed by atoms with van der Waals surface area (Å²) in [5.74, 6) is 1.29. The van der Waals surface area contributed by atoms with Gasteiger partial charge in [-0.2, -0.15) is 0 Å². The second kappa shape index (κ2) is 50.5. The highest BCUT2D eigenvalue weighted by Gasteiger charge is 2.23. The zero-order valence-corrected chi connectivity index (χ0v) is 45.3. The van der Waals surface area contributed by atoms with Gasteiger partial charge in [0.1, 0.15) is 6.10 Å². The molecular weight excluding hydrogens is 797 g/mol. The maximum atomic E-state index is 13.9. The van der Waals surface area contributed by atoms with E-state index in [1.165, 1.54) is 230 Å². The molecule has 0 saturated heterocycles. The number of unbranched alkanes of at least 4 members (excludes halogenated alkanes) is 27. The van der Waals surface area contributed by atoms with Crippen LogP contribution in [0.15, 0.2) is 12.2 Å². The molecule has 0 aromatic rings. The van der Waals surface area contributed by atoms with Gasteiger partial charge in [-0.25, -0.2) is 0 Å². The fourth-order valence-corrected chi connectivity index (χ4v) is 10.1. The molecule has 0 spiro atoms. The molecule has 0 saturated carbocycles. The number of allylic oxidation sites excluding steroid dienone is 1. The molecule has 1 unspecified atom stereocenters. The van der Waals surface area contributed by atoms with Gasteiger partial charge in [-0.1, -0.05) is 246 Å². The molecular formula is C60H118N2O3. The van der Waals surface area contributed by atoms with Crippen molar-refractivity contribution in [3.05, 3.63) is 12.2 Å². The first-order chi connectivity index (χ1) is 31.9. The first-order valence-corrected chi connectivity index (χ1v) is 29.7. The normalized spacial score (nSPS) is 12.1. The summed E-state index contributed by atoms with van der Waals surface area (Å²) in [6, 6.07) is 0.367. The Balaban J connectivity index is 5.00. The van der Waals surface area contributed by atoms with Gasteiger partial charge in [0.15, 0.2) is 0 Å². The van der Waals surface area contributed by atoms with Gasteiger partial charge in [0.05, 0.1) is 0 Å². The Morgan fingerprint density at radius 1 is 0.446 bits per heavy atom. The van der Waals surface area contributed by atoms with Crippen LogP contribution in [0, 0.1) is 5.92 Å². The highest BCUT2D eigenvalue weighted by Crippen LogP contribution is 2.27. The third-order valence-electron chi connectivity index (χ3n) is 14.4. The Morgan fingerprint density at radius 2 is 0.815 bits per heavy atom. The molecule has 0 aliphatic heterocycles. The number of rotatable bonds is 53. The van der Waals surface area contributed by atoms with Crippen molar-refractivity contribution in [3.63, 3.8) is 0 Å². The molecule has 1 atom stereocenters. The first kappa shape index (κ1) is 63.6. The summed E-state index contributed by atoms with van der Waals surface area (Å²) in [5, 5.41) is 3.33. The second-order valence-corrected chi connectivity index (χ2v) is 20.9. The Labute approximate surface area is 408 Å². The van der Waals surface area contributed by atoms with Crippen LogP contribution in [0.4, 0.5) is 0 Å². The average Bonchev–Trinajstić information content (AvgIpc) is 3.30. The van der Waals surface area contributed by atoms with Crippen LogP contribution in [-0.2, 0) is 14.3 Å². The maximum absolute atomic E-state index is 13.9. The molecule has 0 aliphatic rings. The predicted molar refractivity (Wildman–Crippen MR) is 288 cm³/mol. The van der Waals surface area contributed by atoms with Crippen LogP contribution < -0.4 is 5.32 Å². The number of hydrogen-bond donors (Lipinski definition) is 1. The lowest BCUT2D eigenvalue weighted by molar-refractivity contribution is -0.150. The quantitative estimate of drug-likeness (QED) is 0.0375. The molecule has 0 fully saturated rings. The smallest absolute Gasteiger partial charge is 0.306 e.